The van der Waals surface area contributed by atoms with Gasteiger partial charge in [-0.2, -0.15) is 0 Å². The van der Waals surface area contributed by atoms with Gasteiger partial charge in [0.1, 0.15) is 11.4 Å². The number of benzene rings is 1. The number of rotatable bonds is 5. The Hall–Kier alpha value is -3.36. The third kappa shape index (κ3) is 3.51. The number of hydrogen-bond acceptors (Lipinski definition) is 7. The highest BCUT2D eigenvalue weighted by Crippen LogP contribution is 2.17. The summed E-state index contributed by atoms with van der Waals surface area (Å²) < 4.78 is 7.03. The lowest BCUT2D eigenvalue weighted by Gasteiger charge is -2.11. The van der Waals surface area contributed by atoms with Crippen LogP contribution in [0.4, 0.5) is 0 Å². The molecule has 1 aromatic carbocycles. The third-order valence-corrected chi connectivity index (χ3v) is 3.21. The summed E-state index contributed by atoms with van der Waals surface area (Å²) in [6.45, 7) is 1.78. The molecule has 0 saturated carbocycles. The van der Waals surface area contributed by atoms with E-state index in [4.69, 9.17) is 4.74 Å². The van der Waals surface area contributed by atoms with Crippen LogP contribution >= 0.6 is 0 Å². The molecule has 122 valence electrons. The van der Waals surface area contributed by atoms with Crippen molar-refractivity contribution in [3.63, 3.8) is 0 Å². The summed E-state index contributed by atoms with van der Waals surface area (Å²) in [7, 11) is 1.70. The Morgan fingerprint density at radius 1 is 1.21 bits per heavy atom. The van der Waals surface area contributed by atoms with Crippen LogP contribution in [0, 0.1) is 0 Å². The Bertz CT molecular complexity index is 817. The van der Waals surface area contributed by atoms with Crippen molar-refractivity contribution in [1.29, 1.82) is 0 Å². The highest BCUT2D eigenvalue weighted by molar-refractivity contribution is 5.92. The Balaban J connectivity index is 1.64. The van der Waals surface area contributed by atoms with Gasteiger partial charge in [-0.15, -0.1) is 5.10 Å². The number of nitrogens with zero attached hydrogens (tertiary/aromatic N) is 6. The number of para-hydroxylation sites is 1. The molecule has 0 fully saturated rings. The van der Waals surface area contributed by atoms with Crippen molar-refractivity contribution >= 4 is 5.91 Å². The second-order valence-corrected chi connectivity index (χ2v) is 5.01. The SMILES string of the molecule is C[C@H](NC(=O)c1cnc(Oc2ccccc2)cn1)c1nnnn1C. The average molecular weight is 325 g/mol. The number of hydrogen-bond donors (Lipinski definition) is 1. The minimum Gasteiger partial charge on any atom is -0.438 e. The van der Waals surface area contributed by atoms with Crippen LogP contribution in [0.25, 0.3) is 0 Å². The van der Waals surface area contributed by atoms with E-state index in [-0.39, 0.29) is 17.6 Å². The van der Waals surface area contributed by atoms with E-state index < -0.39 is 0 Å². The molecule has 9 heteroatoms. The highest BCUT2D eigenvalue weighted by Gasteiger charge is 2.17. The maximum atomic E-state index is 12.2. The maximum absolute atomic E-state index is 12.2. The van der Waals surface area contributed by atoms with Gasteiger partial charge in [-0.25, -0.2) is 14.6 Å². The molecule has 0 radical (unpaired) electrons. The molecule has 1 atom stereocenters. The Morgan fingerprint density at radius 3 is 2.62 bits per heavy atom. The zero-order valence-electron chi connectivity index (χ0n) is 13.1. The Kier molecular flexibility index (Phi) is 4.41. The molecule has 1 N–H and O–H groups in total. The van der Waals surface area contributed by atoms with Crippen molar-refractivity contribution < 1.29 is 9.53 Å². The lowest BCUT2D eigenvalue weighted by Crippen LogP contribution is -2.29. The average Bonchev–Trinajstić information content (AvgIpc) is 3.02. The lowest BCUT2D eigenvalue weighted by atomic mass is 10.3. The highest BCUT2D eigenvalue weighted by atomic mass is 16.5. The molecular weight excluding hydrogens is 310 g/mol. The van der Waals surface area contributed by atoms with Crippen LogP contribution in [-0.2, 0) is 7.05 Å². The number of carbonyl (C=O) groups excluding carboxylic acids is 1. The van der Waals surface area contributed by atoms with Gasteiger partial charge < -0.3 is 10.1 Å². The van der Waals surface area contributed by atoms with E-state index in [9.17, 15) is 4.79 Å². The number of aromatic nitrogens is 6. The van der Waals surface area contributed by atoms with Gasteiger partial charge in [-0.1, -0.05) is 18.2 Å². The summed E-state index contributed by atoms with van der Waals surface area (Å²) >= 11 is 0. The number of ether oxygens (including phenoxy) is 1. The van der Waals surface area contributed by atoms with E-state index in [0.29, 0.717) is 17.5 Å². The fourth-order valence-corrected chi connectivity index (χ4v) is 2.03. The standard InChI is InChI=1S/C15H15N7O2/c1-10(14-19-20-21-22(14)2)18-15(23)12-8-17-13(9-16-12)24-11-6-4-3-5-7-11/h3-10H,1-2H3,(H,18,23)/t10-/m0/s1. The molecular formula is C15H15N7O2. The number of tetrazole rings is 1. The van der Waals surface area contributed by atoms with E-state index in [0.717, 1.165) is 0 Å². The van der Waals surface area contributed by atoms with Crippen LogP contribution in [0.15, 0.2) is 42.7 Å². The van der Waals surface area contributed by atoms with Crippen LogP contribution in [0.2, 0.25) is 0 Å². The van der Waals surface area contributed by atoms with Crippen molar-refractivity contribution in [2.45, 2.75) is 13.0 Å². The molecule has 9 nitrogen and oxygen atoms in total. The van der Waals surface area contributed by atoms with Crippen molar-refractivity contribution in [3.05, 3.63) is 54.2 Å². The normalized spacial score (nSPS) is 11.8. The smallest absolute Gasteiger partial charge is 0.272 e. The van der Waals surface area contributed by atoms with Gasteiger partial charge in [0.25, 0.3) is 5.91 Å². The van der Waals surface area contributed by atoms with E-state index >= 15 is 0 Å². The van der Waals surface area contributed by atoms with E-state index in [2.05, 4.69) is 30.8 Å². The van der Waals surface area contributed by atoms with Crippen LogP contribution in [0.3, 0.4) is 0 Å². The van der Waals surface area contributed by atoms with Crippen LogP contribution in [0.1, 0.15) is 29.3 Å². The Morgan fingerprint density at radius 2 is 2.00 bits per heavy atom. The van der Waals surface area contributed by atoms with E-state index in [1.165, 1.54) is 17.1 Å². The molecule has 2 aromatic heterocycles. The zero-order valence-corrected chi connectivity index (χ0v) is 13.1. The van der Waals surface area contributed by atoms with Crippen molar-refractivity contribution in [2.75, 3.05) is 0 Å². The van der Waals surface area contributed by atoms with E-state index in [1.807, 2.05) is 18.2 Å². The molecule has 1 amide bonds. The summed E-state index contributed by atoms with van der Waals surface area (Å²) in [5.74, 6) is 1.13. The molecule has 3 aromatic rings. The van der Waals surface area contributed by atoms with Gasteiger partial charge in [0, 0.05) is 7.05 Å². The van der Waals surface area contributed by atoms with Gasteiger partial charge in [-0.3, -0.25) is 4.79 Å². The van der Waals surface area contributed by atoms with Crippen molar-refractivity contribution in [1.82, 2.24) is 35.5 Å². The molecule has 0 aliphatic heterocycles. The third-order valence-electron chi connectivity index (χ3n) is 3.21. The first-order valence-corrected chi connectivity index (χ1v) is 7.21. The quantitative estimate of drug-likeness (QED) is 0.753. The fraction of sp³-hybridized carbons (Fsp3) is 0.200. The zero-order chi connectivity index (χ0) is 16.9. The first kappa shape index (κ1) is 15.5. The largest absolute Gasteiger partial charge is 0.438 e. The summed E-state index contributed by atoms with van der Waals surface area (Å²) in [5.41, 5.74) is 0.178. The Labute approximate surface area is 137 Å². The minimum atomic E-state index is -0.371. The van der Waals surface area contributed by atoms with Crippen LogP contribution < -0.4 is 10.1 Å². The molecule has 2 heterocycles. The first-order chi connectivity index (χ1) is 11.6. The number of amides is 1. The van der Waals surface area contributed by atoms with Crippen molar-refractivity contribution in [3.8, 4) is 11.6 Å². The van der Waals surface area contributed by atoms with Crippen molar-refractivity contribution in [2.24, 2.45) is 7.05 Å². The second-order valence-electron chi connectivity index (χ2n) is 5.01. The summed E-state index contributed by atoms with van der Waals surface area (Å²) in [5, 5.41) is 13.9. The molecule has 0 saturated heterocycles. The lowest BCUT2D eigenvalue weighted by molar-refractivity contribution is 0.0932. The summed E-state index contributed by atoms with van der Waals surface area (Å²) in [6, 6.07) is 8.85. The predicted octanol–water partition coefficient (Wildman–Crippen LogP) is 1.28. The fourth-order valence-electron chi connectivity index (χ4n) is 2.03. The number of nitrogens with one attached hydrogen (secondary N) is 1. The van der Waals surface area contributed by atoms with Crippen LogP contribution in [-0.4, -0.2) is 36.1 Å². The van der Waals surface area contributed by atoms with Gasteiger partial charge in [0.2, 0.25) is 5.88 Å². The molecule has 0 aliphatic rings. The molecule has 0 aliphatic carbocycles. The first-order valence-electron chi connectivity index (χ1n) is 7.21. The van der Waals surface area contributed by atoms with Gasteiger partial charge >= 0.3 is 0 Å². The topological polar surface area (TPSA) is 108 Å². The monoisotopic (exact) mass is 325 g/mol. The van der Waals surface area contributed by atoms with Crippen LogP contribution in [0.5, 0.6) is 11.6 Å². The molecule has 24 heavy (non-hydrogen) atoms. The number of carbonyl (C=O) groups is 1. The van der Waals surface area contributed by atoms with Gasteiger partial charge in [0.05, 0.1) is 18.4 Å². The molecule has 3 rings (SSSR count). The van der Waals surface area contributed by atoms with Gasteiger partial charge in [-0.05, 0) is 29.5 Å². The van der Waals surface area contributed by atoms with Gasteiger partial charge in [0.15, 0.2) is 5.82 Å². The summed E-state index contributed by atoms with van der Waals surface area (Å²) in [4.78, 5) is 20.4. The molecule has 0 spiro atoms. The second kappa shape index (κ2) is 6.82. The van der Waals surface area contributed by atoms with E-state index in [1.54, 1.807) is 26.1 Å². The predicted molar refractivity (Wildman–Crippen MR) is 83.2 cm³/mol. The maximum Gasteiger partial charge on any atom is 0.272 e. The molecule has 0 unspecified atom stereocenters. The summed E-state index contributed by atoms with van der Waals surface area (Å²) in [6.07, 6.45) is 2.76. The molecule has 0 bridgehead atoms. The number of aryl methyl sites for hydroxylation is 1. The minimum absolute atomic E-state index is 0.178.